The van der Waals surface area contributed by atoms with Crippen molar-refractivity contribution in [2.24, 2.45) is 0 Å². The van der Waals surface area contributed by atoms with E-state index in [0.29, 0.717) is 17.9 Å². The maximum absolute atomic E-state index is 5.80. The van der Waals surface area contributed by atoms with Crippen LogP contribution in [0.1, 0.15) is 25.7 Å². The molecule has 19 heavy (non-hydrogen) atoms. The average Bonchev–Trinajstić information content (AvgIpc) is 2.93. The Balaban J connectivity index is 1.73. The molecule has 3 N–H and O–H groups in total. The van der Waals surface area contributed by atoms with Crippen LogP contribution in [0.2, 0.25) is 0 Å². The SMILES string of the molecule is Nc1nc(NC2CCCSC2)nc(N2CCCC2)n1. The van der Waals surface area contributed by atoms with Crippen molar-refractivity contribution in [3.8, 4) is 0 Å². The number of hydrogen-bond acceptors (Lipinski definition) is 7. The van der Waals surface area contributed by atoms with Crippen molar-refractivity contribution < 1.29 is 0 Å². The second-order valence-corrected chi connectivity index (χ2v) is 6.22. The summed E-state index contributed by atoms with van der Waals surface area (Å²) in [4.78, 5) is 15.1. The van der Waals surface area contributed by atoms with E-state index in [1.165, 1.54) is 31.4 Å². The number of nitrogens with zero attached hydrogens (tertiary/aromatic N) is 4. The van der Waals surface area contributed by atoms with Crippen molar-refractivity contribution in [1.82, 2.24) is 15.0 Å². The zero-order chi connectivity index (χ0) is 13.1. The van der Waals surface area contributed by atoms with Gasteiger partial charge in [-0.1, -0.05) is 0 Å². The van der Waals surface area contributed by atoms with E-state index in [2.05, 4.69) is 25.2 Å². The second-order valence-electron chi connectivity index (χ2n) is 5.07. The summed E-state index contributed by atoms with van der Waals surface area (Å²) in [6.45, 7) is 2.03. The summed E-state index contributed by atoms with van der Waals surface area (Å²) in [5.74, 6) is 4.03. The Kier molecular flexibility index (Phi) is 3.91. The Hall–Kier alpha value is -1.24. The molecule has 0 amide bonds. The van der Waals surface area contributed by atoms with E-state index in [0.717, 1.165) is 24.8 Å². The fraction of sp³-hybridized carbons (Fsp3) is 0.750. The monoisotopic (exact) mass is 280 g/mol. The van der Waals surface area contributed by atoms with Crippen molar-refractivity contribution in [2.75, 3.05) is 40.5 Å². The molecule has 104 valence electrons. The number of nitrogens with two attached hydrogens (primary N) is 1. The van der Waals surface area contributed by atoms with Crippen LogP contribution in [0.3, 0.4) is 0 Å². The van der Waals surface area contributed by atoms with Crippen LogP contribution in [0.25, 0.3) is 0 Å². The van der Waals surface area contributed by atoms with Gasteiger partial charge in [0.1, 0.15) is 0 Å². The molecule has 2 aliphatic heterocycles. The number of nitrogens with one attached hydrogen (secondary N) is 1. The van der Waals surface area contributed by atoms with Crippen LogP contribution in [0.5, 0.6) is 0 Å². The summed E-state index contributed by atoms with van der Waals surface area (Å²) in [6, 6.07) is 0.451. The average molecular weight is 280 g/mol. The molecule has 1 atom stereocenters. The normalized spacial score (nSPS) is 23.6. The van der Waals surface area contributed by atoms with Gasteiger partial charge in [0.25, 0.3) is 0 Å². The lowest BCUT2D eigenvalue weighted by atomic mass is 10.2. The van der Waals surface area contributed by atoms with Gasteiger partial charge in [-0.05, 0) is 31.4 Å². The molecule has 2 aliphatic rings. The molecule has 3 rings (SSSR count). The van der Waals surface area contributed by atoms with Crippen molar-refractivity contribution in [2.45, 2.75) is 31.7 Å². The lowest BCUT2D eigenvalue weighted by Crippen LogP contribution is -2.28. The summed E-state index contributed by atoms with van der Waals surface area (Å²) >= 11 is 1.98. The van der Waals surface area contributed by atoms with Crippen molar-refractivity contribution in [3.63, 3.8) is 0 Å². The minimum atomic E-state index is 0.308. The molecule has 3 heterocycles. The molecule has 2 fully saturated rings. The molecule has 0 aliphatic carbocycles. The van der Waals surface area contributed by atoms with Gasteiger partial charge in [-0.3, -0.25) is 0 Å². The molecule has 1 unspecified atom stereocenters. The van der Waals surface area contributed by atoms with Crippen LogP contribution >= 0.6 is 11.8 Å². The molecule has 0 saturated carbocycles. The number of aromatic nitrogens is 3. The number of hydrogen-bond donors (Lipinski definition) is 2. The highest BCUT2D eigenvalue weighted by atomic mass is 32.2. The van der Waals surface area contributed by atoms with Crippen molar-refractivity contribution >= 4 is 29.6 Å². The highest BCUT2D eigenvalue weighted by molar-refractivity contribution is 7.99. The number of rotatable bonds is 3. The third-order valence-corrected chi connectivity index (χ3v) is 4.74. The van der Waals surface area contributed by atoms with Crippen molar-refractivity contribution in [1.29, 1.82) is 0 Å². The van der Waals surface area contributed by atoms with E-state index in [-0.39, 0.29) is 0 Å². The van der Waals surface area contributed by atoms with E-state index in [4.69, 9.17) is 5.73 Å². The molecule has 0 spiro atoms. The summed E-state index contributed by atoms with van der Waals surface area (Å²) in [7, 11) is 0. The maximum atomic E-state index is 5.80. The molecular weight excluding hydrogens is 260 g/mol. The Bertz CT molecular complexity index is 428. The minimum Gasteiger partial charge on any atom is -0.368 e. The predicted octanol–water partition coefficient (Wildman–Crippen LogP) is 1.36. The van der Waals surface area contributed by atoms with Crippen LogP contribution in [0.4, 0.5) is 17.8 Å². The van der Waals surface area contributed by atoms with Crippen LogP contribution in [-0.4, -0.2) is 45.6 Å². The predicted molar refractivity (Wildman–Crippen MR) is 79.7 cm³/mol. The first-order valence-electron chi connectivity index (χ1n) is 6.92. The standard InChI is InChI=1S/C12H20N6S/c13-10-15-11(14-9-4-3-7-19-8-9)17-12(16-10)18-5-1-2-6-18/h9H,1-8H2,(H3,13,14,15,16,17). The number of thioether (sulfide) groups is 1. The summed E-state index contributed by atoms with van der Waals surface area (Å²) in [5.41, 5.74) is 5.80. The van der Waals surface area contributed by atoms with Crippen molar-refractivity contribution in [3.05, 3.63) is 0 Å². The fourth-order valence-corrected chi connectivity index (χ4v) is 3.61. The first-order valence-corrected chi connectivity index (χ1v) is 8.07. The Morgan fingerprint density at radius 1 is 1.16 bits per heavy atom. The van der Waals surface area contributed by atoms with E-state index in [1.54, 1.807) is 0 Å². The molecular formula is C12H20N6S. The zero-order valence-corrected chi connectivity index (χ0v) is 11.8. The van der Waals surface area contributed by atoms with Gasteiger partial charge in [0, 0.05) is 24.9 Å². The van der Waals surface area contributed by atoms with Gasteiger partial charge >= 0.3 is 0 Å². The molecule has 6 nitrogen and oxygen atoms in total. The summed E-state index contributed by atoms with van der Waals surface area (Å²) < 4.78 is 0. The Morgan fingerprint density at radius 2 is 2.00 bits per heavy atom. The van der Waals surface area contributed by atoms with Crippen LogP contribution in [-0.2, 0) is 0 Å². The van der Waals surface area contributed by atoms with Gasteiger partial charge in [-0.15, -0.1) is 0 Å². The fourth-order valence-electron chi connectivity index (χ4n) is 2.54. The molecule has 0 aromatic carbocycles. The third kappa shape index (κ3) is 3.20. The lowest BCUT2D eigenvalue weighted by molar-refractivity contribution is 0.677. The zero-order valence-electron chi connectivity index (χ0n) is 11.0. The van der Waals surface area contributed by atoms with Gasteiger partial charge in [0.05, 0.1) is 0 Å². The molecule has 2 saturated heterocycles. The highest BCUT2D eigenvalue weighted by Crippen LogP contribution is 2.21. The second kappa shape index (κ2) is 5.81. The summed E-state index contributed by atoms with van der Waals surface area (Å²) in [5, 5.41) is 3.40. The largest absolute Gasteiger partial charge is 0.368 e. The smallest absolute Gasteiger partial charge is 0.231 e. The number of nitrogen functional groups attached to an aromatic ring is 1. The minimum absolute atomic E-state index is 0.308. The first kappa shape index (κ1) is 12.8. The quantitative estimate of drug-likeness (QED) is 0.865. The van der Waals surface area contributed by atoms with Gasteiger partial charge < -0.3 is 16.0 Å². The van der Waals surface area contributed by atoms with Gasteiger partial charge in [-0.2, -0.15) is 26.7 Å². The van der Waals surface area contributed by atoms with E-state index < -0.39 is 0 Å². The maximum Gasteiger partial charge on any atom is 0.231 e. The topological polar surface area (TPSA) is 80.0 Å². The molecule has 1 aromatic rings. The van der Waals surface area contributed by atoms with E-state index in [1.807, 2.05) is 11.8 Å². The first-order chi connectivity index (χ1) is 9.31. The van der Waals surface area contributed by atoms with Gasteiger partial charge in [-0.25, -0.2) is 0 Å². The van der Waals surface area contributed by atoms with Crippen LogP contribution in [0.15, 0.2) is 0 Å². The van der Waals surface area contributed by atoms with E-state index >= 15 is 0 Å². The van der Waals surface area contributed by atoms with Crippen LogP contribution in [0, 0.1) is 0 Å². The highest BCUT2D eigenvalue weighted by Gasteiger charge is 2.19. The van der Waals surface area contributed by atoms with Crippen LogP contribution < -0.4 is 16.0 Å². The molecule has 0 radical (unpaired) electrons. The molecule has 0 bridgehead atoms. The third-order valence-electron chi connectivity index (χ3n) is 3.52. The molecule has 1 aromatic heterocycles. The van der Waals surface area contributed by atoms with Gasteiger partial charge in [0.15, 0.2) is 0 Å². The Morgan fingerprint density at radius 3 is 2.74 bits per heavy atom. The summed E-state index contributed by atoms with van der Waals surface area (Å²) in [6.07, 6.45) is 4.83. The number of anilines is 3. The van der Waals surface area contributed by atoms with E-state index in [9.17, 15) is 0 Å². The Labute approximate surface area is 117 Å². The molecule has 7 heteroatoms. The van der Waals surface area contributed by atoms with Gasteiger partial charge in [0.2, 0.25) is 17.8 Å². The lowest BCUT2D eigenvalue weighted by Gasteiger charge is -2.23.